The number of amides is 1. The van der Waals surface area contributed by atoms with Crippen molar-refractivity contribution in [3.8, 4) is 11.1 Å². The smallest absolute Gasteiger partial charge is 0.284 e. The summed E-state index contributed by atoms with van der Waals surface area (Å²) in [5.41, 5.74) is 0.123. The lowest BCUT2D eigenvalue weighted by atomic mass is 10.1. The molecule has 14 heteroatoms. The molecule has 170 valence electrons. The van der Waals surface area contributed by atoms with Crippen LogP contribution in [0.3, 0.4) is 0 Å². The van der Waals surface area contributed by atoms with E-state index in [0.717, 1.165) is 13.2 Å². The van der Waals surface area contributed by atoms with E-state index >= 15 is 0 Å². The summed E-state index contributed by atoms with van der Waals surface area (Å²) >= 11 is 5.97. The molecular formula is C18H15ClF3N4O4S2+. The van der Waals surface area contributed by atoms with Crippen LogP contribution in [0.25, 0.3) is 11.1 Å². The standard InChI is InChI=1S/C18H15ClF3N4O4S2/c1-3-32(29,30)13-8-11(10-4-6-12(19)7-5-10)9-26(28)14(13)15(27)25(2)17-24-23-16(31-17)18(20,21)22/h4-9,28H,3H2,1-2H3/q+1. The summed E-state index contributed by atoms with van der Waals surface area (Å²) in [6.45, 7) is 1.35. The number of aromatic nitrogens is 3. The number of anilines is 1. The highest BCUT2D eigenvalue weighted by molar-refractivity contribution is 7.91. The largest absolute Gasteiger partial charge is 0.445 e. The van der Waals surface area contributed by atoms with Crippen LogP contribution < -0.4 is 9.63 Å². The fourth-order valence-corrected chi connectivity index (χ4v) is 4.55. The molecule has 0 aliphatic heterocycles. The zero-order valence-electron chi connectivity index (χ0n) is 16.5. The van der Waals surface area contributed by atoms with Crippen LogP contribution in [-0.4, -0.2) is 42.5 Å². The molecule has 2 aromatic heterocycles. The minimum absolute atomic E-state index is 0.102. The Bertz CT molecular complexity index is 1280. The number of alkyl halides is 3. The van der Waals surface area contributed by atoms with E-state index in [-0.39, 0.29) is 16.9 Å². The average molecular weight is 508 g/mol. The van der Waals surface area contributed by atoms with Gasteiger partial charge in [0.1, 0.15) is 4.90 Å². The summed E-state index contributed by atoms with van der Waals surface area (Å²) < 4.78 is 64.2. The number of sulfone groups is 1. The van der Waals surface area contributed by atoms with Gasteiger partial charge in [-0.1, -0.05) is 42.0 Å². The number of rotatable bonds is 5. The zero-order chi connectivity index (χ0) is 23.8. The molecule has 0 aliphatic carbocycles. The second-order valence-corrected chi connectivity index (χ2v) is 10.1. The Balaban J connectivity index is 2.13. The number of pyridine rings is 1. The first-order chi connectivity index (χ1) is 14.8. The number of benzene rings is 1. The molecule has 0 spiro atoms. The number of nitrogens with zero attached hydrogens (tertiary/aromatic N) is 4. The monoisotopic (exact) mass is 507 g/mol. The topological polar surface area (TPSA) is 104 Å². The highest BCUT2D eigenvalue weighted by Gasteiger charge is 2.39. The van der Waals surface area contributed by atoms with Crippen molar-refractivity contribution in [2.45, 2.75) is 18.0 Å². The van der Waals surface area contributed by atoms with E-state index in [2.05, 4.69) is 10.2 Å². The van der Waals surface area contributed by atoms with Crippen molar-refractivity contribution in [1.82, 2.24) is 10.2 Å². The molecule has 1 aromatic carbocycles. The molecule has 0 atom stereocenters. The lowest BCUT2D eigenvalue weighted by Gasteiger charge is -2.13. The van der Waals surface area contributed by atoms with Crippen molar-refractivity contribution in [1.29, 1.82) is 0 Å². The number of hydrogen-bond donors (Lipinski definition) is 1. The van der Waals surface area contributed by atoms with Gasteiger partial charge in [-0.25, -0.2) is 8.42 Å². The van der Waals surface area contributed by atoms with E-state index in [1.165, 1.54) is 13.0 Å². The highest BCUT2D eigenvalue weighted by Crippen LogP contribution is 2.34. The minimum Gasteiger partial charge on any atom is -0.284 e. The van der Waals surface area contributed by atoms with E-state index in [9.17, 15) is 31.6 Å². The SMILES string of the molecule is CCS(=O)(=O)c1cc(-c2ccc(Cl)cc2)c[n+](O)c1C(=O)N(C)c1nnc(C(F)(F)F)s1. The van der Waals surface area contributed by atoms with Gasteiger partial charge in [-0.2, -0.15) is 13.2 Å². The molecule has 0 unspecified atom stereocenters. The summed E-state index contributed by atoms with van der Waals surface area (Å²) in [5, 5.41) is 15.6. The average Bonchev–Trinajstić information content (AvgIpc) is 3.23. The Morgan fingerprint density at radius 2 is 1.84 bits per heavy atom. The molecular weight excluding hydrogens is 493 g/mol. The van der Waals surface area contributed by atoms with E-state index < -0.39 is 48.4 Å². The molecule has 0 fully saturated rings. The van der Waals surface area contributed by atoms with E-state index in [1.54, 1.807) is 24.3 Å². The maximum absolute atomic E-state index is 13.0. The lowest BCUT2D eigenvalue weighted by Crippen LogP contribution is -2.44. The molecule has 0 bridgehead atoms. The third-order valence-corrected chi connectivity index (χ3v) is 7.39. The molecule has 0 aliphatic rings. The second-order valence-electron chi connectivity index (χ2n) is 6.45. The lowest BCUT2D eigenvalue weighted by molar-refractivity contribution is -0.906. The van der Waals surface area contributed by atoms with Gasteiger partial charge in [-0.3, -0.25) is 14.9 Å². The third-order valence-electron chi connectivity index (χ3n) is 4.35. The van der Waals surface area contributed by atoms with Crippen LogP contribution in [0.1, 0.15) is 22.4 Å². The molecule has 8 nitrogen and oxygen atoms in total. The molecule has 3 aromatic rings. The Labute approximate surface area is 189 Å². The van der Waals surface area contributed by atoms with Gasteiger partial charge in [0.25, 0.3) is 0 Å². The second kappa shape index (κ2) is 8.64. The van der Waals surface area contributed by atoms with Crippen molar-refractivity contribution in [2.75, 3.05) is 17.7 Å². The number of carbonyl (C=O) groups is 1. The van der Waals surface area contributed by atoms with Gasteiger partial charge in [0.05, 0.1) is 11.3 Å². The summed E-state index contributed by atoms with van der Waals surface area (Å²) in [5.74, 6) is -1.48. The first-order valence-corrected chi connectivity index (χ1v) is 11.7. The van der Waals surface area contributed by atoms with Crippen molar-refractivity contribution in [3.63, 3.8) is 0 Å². The summed E-state index contributed by atoms with van der Waals surface area (Å²) in [7, 11) is -2.94. The number of halogens is 4. The van der Waals surface area contributed by atoms with Gasteiger partial charge in [0.2, 0.25) is 16.3 Å². The molecule has 0 saturated heterocycles. The van der Waals surface area contributed by atoms with Crippen LogP contribution in [0.5, 0.6) is 0 Å². The number of carbonyl (C=O) groups excluding carboxylic acids is 1. The van der Waals surface area contributed by atoms with Crippen LogP contribution in [0.4, 0.5) is 18.3 Å². The summed E-state index contributed by atoms with van der Waals surface area (Å²) in [6.07, 6.45) is -3.64. The normalized spacial score (nSPS) is 12.1. The molecule has 0 saturated carbocycles. The molecule has 0 radical (unpaired) electrons. The van der Waals surface area contributed by atoms with Crippen LogP contribution in [0.15, 0.2) is 41.4 Å². The highest BCUT2D eigenvalue weighted by atomic mass is 35.5. The van der Waals surface area contributed by atoms with Gasteiger partial charge >= 0.3 is 17.8 Å². The Kier molecular flexibility index (Phi) is 6.45. The van der Waals surface area contributed by atoms with Gasteiger partial charge < -0.3 is 0 Å². The van der Waals surface area contributed by atoms with Crippen molar-refractivity contribution < 1.29 is 36.3 Å². The van der Waals surface area contributed by atoms with E-state index in [1.807, 2.05) is 0 Å². The molecule has 1 N–H and O–H groups in total. The molecule has 3 rings (SSSR count). The van der Waals surface area contributed by atoms with E-state index in [4.69, 9.17) is 11.6 Å². The van der Waals surface area contributed by atoms with Crippen molar-refractivity contribution in [2.24, 2.45) is 0 Å². The van der Waals surface area contributed by atoms with Crippen LogP contribution in [0.2, 0.25) is 5.02 Å². The number of hydrogen-bond acceptors (Lipinski definition) is 7. The Hall–Kier alpha value is -2.77. The van der Waals surface area contributed by atoms with Crippen molar-refractivity contribution >= 4 is 43.8 Å². The zero-order valence-corrected chi connectivity index (χ0v) is 18.8. The summed E-state index contributed by atoms with van der Waals surface area (Å²) in [6, 6.07) is 7.51. The minimum atomic E-state index is -4.76. The predicted molar refractivity (Wildman–Crippen MR) is 110 cm³/mol. The van der Waals surface area contributed by atoms with E-state index in [0.29, 0.717) is 20.2 Å². The first kappa shape index (κ1) is 23.9. The van der Waals surface area contributed by atoms with Crippen LogP contribution >= 0.6 is 22.9 Å². The molecule has 32 heavy (non-hydrogen) atoms. The van der Waals surface area contributed by atoms with Crippen molar-refractivity contribution in [3.05, 3.63) is 52.3 Å². The summed E-state index contributed by atoms with van der Waals surface area (Å²) in [4.78, 5) is 13.2. The Morgan fingerprint density at radius 1 is 1.22 bits per heavy atom. The maximum atomic E-state index is 13.0. The first-order valence-electron chi connectivity index (χ1n) is 8.81. The maximum Gasteiger partial charge on any atom is 0.445 e. The van der Waals surface area contributed by atoms with Gasteiger partial charge in [0, 0.05) is 16.8 Å². The van der Waals surface area contributed by atoms with Crippen LogP contribution in [-0.2, 0) is 16.0 Å². The van der Waals surface area contributed by atoms with Gasteiger partial charge in [0.15, 0.2) is 9.84 Å². The predicted octanol–water partition coefficient (Wildman–Crippen LogP) is 3.47. The van der Waals surface area contributed by atoms with Gasteiger partial charge in [-0.05, 0) is 23.8 Å². The fraction of sp³-hybridized carbons (Fsp3) is 0.222. The molecule has 1 amide bonds. The van der Waals surface area contributed by atoms with Gasteiger partial charge in [-0.15, -0.1) is 10.2 Å². The fourth-order valence-electron chi connectivity index (χ4n) is 2.66. The Morgan fingerprint density at radius 3 is 2.38 bits per heavy atom. The molecule has 2 heterocycles. The quantitative estimate of drug-likeness (QED) is 0.419. The third kappa shape index (κ3) is 4.69. The van der Waals surface area contributed by atoms with Crippen LogP contribution in [0, 0.1) is 0 Å².